The van der Waals surface area contributed by atoms with Crippen molar-refractivity contribution in [1.29, 1.82) is 0 Å². The molecule has 13 heteroatoms. The molecule has 4 aromatic rings. The largest absolute Gasteiger partial charge is 0.504 e. The summed E-state index contributed by atoms with van der Waals surface area (Å²) in [4.78, 5) is 3.39. The van der Waals surface area contributed by atoms with Crippen LogP contribution in [0.25, 0.3) is 0 Å². The van der Waals surface area contributed by atoms with Gasteiger partial charge < -0.3 is 56.5 Å². The van der Waals surface area contributed by atoms with Gasteiger partial charge >= 0.3 is 0 Å². The molecule has 2 aliphatic heterocycles. The first-order chi connectivity index (χ1) is 39.9. The summed E-state index contributed by atoms with van der Waals surface area (Å²) in [5.41, 5.74) is 16.5. The number of dihydropyridines is 1. The number of nitrogens with two attached hydrogens (primary N) is 1. The monoisotopic (exact) mass is 1150 g/mol. The number of nitrogens with one attached hydrogen (secondary N) is 2. The predicted molar refractivity (Wildman–Crippen MR) is 327 cm³/mol. The van der Waals surface area contributed by atoms with E-state index in [0.29, 0.717) is 75.2 Å². The maximum atomic E-state index is 12.8. The number of ether oxygens (including phenoxy) is 1. The third-order valence-electron chi connectivity index (χ3n) is 21.6. The minimum atomic E-state index is -1.08. The van der Waals surface area contributed by atoms with Crippen molar-refractivity contribution in [1.82, 2.24) is 10.3 Å². The van der Waals surface area contributed by atoms with E-state index < -0.39 is 53.7 Å². The maximum Gasteiger partial charge on any atom is 0.161 e. The van der Waals surface area contributed by atoms with Gasteiger partial charge in [0, 0.05) is 83.7 Å². The standard InChI is InChI=1S/C69H87N3O8S2/c1-2-41-25-46-29-61(77)63(80-64-30-47(26-49-15-10-23-71-49)51-19-24-72-67(70)58(51)40-82-81-39-48(37-73)66(64)79)32-53(46)55-31-62(78)65-44(28-52(41)55)18-22-69(34-50(75)16-17-60(65)76)36-56(42-11-4-3-5-12-42)54-27-43-13-6-7-14-45(43)33-68(20-8-9-21-68)35-57(54)59(69)38-74/h3-7,10-15,19,23,28-29,32,41,44,47-48,50,54-57,59-60,62,64-66,71-79H,2,8-9,16-17,20-21,24-27,30-31,33-40,70H2,1H3/t41-,44+,47+,48+,50+,54-,55-,56-,57+,59+,60+,62-,64-,65-,66-,69+/m1/s1. The Bertz CT molecular complexity index is 3040. The summed E-state index contributed by atoms with van der Waals surface area (Å²) in [5, 5.41) is 88.3. The Morgan fingerprint density at radius 1 is 0.817 bits per heavy atom. The molecule has 6 aliphatic carbocycles. The second kappa shape index (κ2) is 24.8. The van der Waals surface area contributed by atoms with Gasteiger partial charge in [-0.05, 0) is 183 Å². The maximum absolute atomic E-state index is 12.8. The van der Waals surface area contributed by atoms with Crippen LogP contribution in [0.2, 0.25) is 0 Å². The Kier molecular flexibility index (Phi) is 17.5. The second-order valence-electron chi connectivity index (χ2n) is 26.2. The Balaban J connectivity index is 0.934. The predicted octanol–water partition coefficient (Wildman–Crippen LogP) is 10.0. The third-order valence-corrected chi connectivity index (χ3v) is 24.0. The van der Waals surface area contributed by atoms with E-state index in [4.69, 9.17) is 10.5 Å². The molecule has 82 heavy (non-hydrogen) atoms. The van der Waals surface area contributed by atoms with E-state index in [0.717, 1.165) is 53.7 Å². The van der Waals surface area contributed by atoms with Crippen LogP contribution in [-0.2, 0) is 25.7 Å². The number of benzene rings is 3. The molecular formula is C69H87N3O8S2. The molecule has 11 N–H and O–H groups in total. The molecule has 3 heterocycles. The van der Waals surface area contributed by atoms with Gasteiger partial charge in [0.15, 0.2) is 11.5 Å². The highest BCUT2D eigenvalue weighted by Crippen LogP contribution is 2.62. The molecule has 438 valence electrons. The normalized spacial score (nSPS) is 35.6. The van der Waals surface area contributed by atoms with E-state index in [-0.39, 0.29) is 71.6 Å². The average Bonchev–Trinajstić information content (AvgIpc) is 3.46. The number of fused-ring (bicyclic) bond motifs is 7. The molecule has 1 saturated heterocycles. The zero-order valence-corrected chi connectivity index (χ0v) is 49.3. The van der Waals surface area contributed by atoms with E-state index in [1.165, 1.54) is 47.9 Å². The van der Waals surface area contributed by atoms with Gasteiger partial charge in [0.2, 0.25) is 0 Å². The Morgan fingerprint density at radius 2 is 1.62 bits per heavy atom. The quantitative estimate of drug-likeness (QED) is 0.0455. The number of aliphatic hydroxyl groups excluding tert-OH is 6. The van der Waals surface area contributed by atoms with Crippen LogP contribution in [0.1, 0.15) is 129 Å². The van der Waals surface area contributed by atoms with Crippen LogP contribution in [0, 0.1) is 70.0 Å². The number of hydrogen-bond donors (Lipinski definition) is 10. The summed E-state index contributed by atoms with van der Waals surface area (Å²) in [6.07, 6.45) is 14.2. The molecule has 0 radical (unpaired) electrons. The number of aliphatic hydroxyl groups is 6. The third kappa shape index (κ3) is 11.5. The second-order valence-corrected chi connectivity index (χ2v) is 28.7. The summed E-state index contributed by atoms with van der Waals surface area (Å²) in [5.74, 6) is 8.23. The molecule has 0 bridgehead atoms. The zero-order valence-electron chi connectivity index (χ0n) is 47.7. The van der Waals surface area contributed by atoms with E-state index >= 15 is 0 Å². The number of rotatable bonds is 8. The lowest BCUT2D eigenvalue weighted by Gasteiger charge is -2.56. The summed E-state index contributed by atoms with van der Waals surface area (Å²) in [7, 11) is 3.26. The number of phenolic OH excluding ortho intramolecular Hbond substituents is 1. The van der Waals surface area contributed by atoms with Gasteiger partial charge in [-0.25, -0.2) is 0 Å². The van der Waals surface area contributed by atoms with Gasteiger partial charge in [-0.2, -0.15) is 0 Å². The minimum Gasteiger partial charge on any atom is -0.504 e. The van der Waals surface area contributed by atoms with Crippen molar-refractivity contribution in [3.05, 3.63) is 153 Å². The van der Waals surface area contributed by atoms with Crippen molar-refractivity contribution in [2.75, 3.05) is 31.3 Å². The van der Waals surface area contributed by atoms with Gasteiger partial charge in [-0.3, -0.25) is 0 Å². The summed E-state index contributed by atoms with van der Waals surface area (Å²) >= 11 is 0. The van der Waals surface area contributed by atoms with E-state index in [1.54, 1.807) is 21.6 Å². The Morgan fingerprint density at radius 3 is 2.39 bits per heavy atom. The van der Waals surface area contributed by atoms with Gasteiger partial charge in [0.05, 0.1) is 24.4 Å². The lowest BCUT2D eigenvalue weighted by atomic mass is 9.48. The van der Waals surface area contributed by atoms with Crippen LogP contribution in [-0.4, -0.2) is 103 Å². The molecule has 3 fully saturated rings. The highest BCUT2D eigenvalue weighted by molar-refractivity contribution is 8.76. The molecular weight excluding hydrogens is 1060 g/mol. The number of phenols is 1. The summed E-state index contributed by atoms with van der Waals surface area (Å²) in [6, 6.07) is 27.8. The van der Waals surface area contributed by atoms with Crippen LogP contribution >= 0.6 is 21.6 Å². The fourth-order valence-corrected chi connectivity index (χ4v) is 19.9. The van der Waals surface area contributed by atoms with E-state index in [2.05, 4.69) is 102 Å². The fraction of sp³-hybridized carbons (Fsp3) is 0.565. The SMILES string of the molecule is CC[C@@H]1Cc2cc(O)c(O[C@@H]3C[C@H](Cc4ccc[nH]4)C4=CCNC(N)=C4CSSC[C@H](CO)[C@H]3O)cc2[C@@H]2C[C@@H](O)[C@@H]3[C@@H](C#C[C@]4(C[C@@H](O)CC[C@@H]3O)C[C@H](c3ccccc3)[C@H]3Cc5ccccc5CC5(CCCC5)C[C@@H]3[C@@H]4CO)C=C12. The lowest BCUT2D eigenvalue weighted by Crippen LogP contribution is -2.52. The molecule has 0 amide bonds. The topological polar surface area (TPSA) is 205 Å². The van der Waals surface area contributed by atoms with E-state index in [9.17, 15) is 35.7 Å². The van der Waals surface area contributed by atoms with Gasteiger partial charge in [-0.1, -0.05) is 126 Å². The molecule has 1 aromatic heterocycles. The number of aromatic amines is 1. The van der Waals surface area contributed by atoms with Crippen molar-refractivity contribution in [2.24, 2.45) is 63.9 Å². The molecule has 0 unspecified atom stereocenters. The number of H-pyrrole nitrogens is 1. The first kappa shape index (κ1) is 57.8. The number of hydrogen-bond acceptors (Lipinski definition) is 12. The average molecular weight is 1150 g/mol. The Labute approximate surface area is 493 Å². The van der Waals surface area contributed by atoms with Crippen molar-refractivity contribution >= 4 is 21.6 Å². The number of aromatic nitrogens is 1. The minimum absolute atomic E-state index is 0.0253. The molecule has 16 atom stereocenters. The molecule has 8 aliphatic rings. The molecule has 12 rings (SSSR count). The zero-order chi connectivity index (χ0) is 56.7. The van der Waals surface area contributed by atoms with Crippen molar-refractivity contribution < 1.29 is 40.5 Å². The molecule has 2 spiro atoms. The molecule has 11 nitrogen and oxygen atoms in total. The highest BCUT2D eigenvalue weighted by atomic mass is 33.1. The van der Waals surface area contributed by atoms with Crippen LogP contribution in [0.5, 0.6) is 11.5 Å². The van der Waals surface area contributed by atoms with Crippen LogP contribution < -0.4 is 15.8 Å². The van der Waals surface area contributed by atoms with Gasteiger partial charge in [-0.15, -0.1) is 0 Å². The Hall–Kier alpha value is -4.62. The molecule has 3 aromatic carbocycles. The number of aromatic hydroxyl groups is 1. The van der Waals surface area contributed by atoms with Crippen molar-refractivity contribution in [3.63, 3.8) is 0 Å². The smallest absolute Gasteiger partial charge is 0.161 e. The van der Waals surface area contributed by atoms with Crippen molar-refractivity contribution in [2.45, 2.75) is 152 Å². The first-order valence-electron chi connectivity index (χ1n) is 31.0. The van der Waals surface area contributed by atoms with Crippen molar-refractivity contribution in [3.8, 4) is 23.3 Å². The summed E-state index contributed by atoms with van der Waals surface area (Å²) in [6.45, 7) is 2.50. The van der Waals surface area contributed by atoms with Gasteiger partial charge in [0.25, 0.3) is 0 Å². The highest BCUT2D eigenvalue weighted by Gasteiger charge is 2.56. The van der Waals surface area contributed by atoms with Crippen LogP contribution in [0.3, 0.4) is 0 Å². The summed E-state index contributed by atoms with van der Waals surface area (Å²) < 4.78 is 7.01. The van der Waals surface area contributed by atoms with Crippen LogP contribution in [0.15, 0.2) is 120 Å². The van der Waals surface area contributed by atoms with E-state index in [1.807, 2.05) is 24.4 Å². The van der Waals surface area contributed by atoms with Gasteiger partial charge in [0.1, 0.15) is 11.9 Å². The fourth-order valence-electron chi connectivity index (χ4n) is 17.4. The van der Waals surface area contributed by atoms with Crippen LogP contribution in [0.4, 0.5) is 0 Å². The molecule has 2 saturated carbocycles. The number of allylic oxidation sites excluding steroid dienone is 3. The lowest BCUT2D eigenvalue weighted by molar-refractivity contribution is -0.0604. The first-order valence-corrected chi connectivity index (χ1v) is 33.5.